The summed E-state index contributed by atoms with van der Waals surface area (Å²) in [6.45, 7) is 4.51. The molecule has 1 rings (SSSR count). The van der Waals surface area contributed by atoms with Crippen LogP contribution in [0.25, 0.3) is 0 Å². The van der Waals surface area contributed by atoms with Gasteiger partial charge in [-0.05, 0) is 31.5 Å². The predicted octanol–water partition coefficient (Wildman–Crippen LogP) is 1.96. The smallest absolute Gasteiger partial charge is 0.161 e. The van der Waals surface area contributed by atoms with E-state index in [4.69, 9.17) is 15.2 Å². The Morgan fingerprint density at radius 2 is 1.90 bits per heavy atom. The van der Waals surface area contributed by atoms with Crippen LogP contribution in [0.1, 0.15) is 23.7 Å². The van der Waals surface area contributed by atoms with E-state index in [1.54, 1.807) is 20.3 Å². The molecule has 0 aromatic heterocycles. The molecule has 0 aliphatic carbocycles. The average molecular weight is 280 g/mol. The molecule has 0 aliphatic heterocycles. The Morgan fingerprint density at radius 3 is 2.45 bits per heavy atom. The van der Waals surface area contributed by atoms with Crippen molar-refractivity contribution in [3.63, 3.8) is 0 Å². The number of nitrogens with two attached hydrogens (primary N) is 1. The van der Waals surface area contributed by atoms with Crippen molar-refractivity contribution in [2.75, 3.05) is 51.2 Å². The van der Waals surface area contributed by atoms with Crippen LogP contribution in [0.2, 0.25) is 0 Å². The Balaban J connectivity index is 2.83. The average Bonchev–Trinajstić information content (AvgIpc) is 2.42. The summed E-state index contributed by atoms with van der Waals surface area (Å²) < 4.78 is 10.2. The van der Waals surface area contributed by atoms with Crippen molar-refractivity contribution in [1.29, 1.82) is 0 Å². The van der Waals surface area contributed by atoms with Crippen LogP contribution >= 0.6 is 0 Å². The van der Waals surface area contributed by atoms with Crippen molar-refractivity contribution < 1.29 is 14.3 Å². The van der Waals surface area contributed by atoms with Gasteiger partial charge in [-0.3, -0.25) is 4.79 Å². The third kappa shape index (κ3) is 4.83. The molecule has 0 heterocycles. The molecule has 112 valence electrons. The van der Waals surface area contributed by atoms with E-state index in [9.17, 15) is 4.79 Å². The minimum absolute atomic E-state index is 0.0168. The van der Waals surface area contributed by atoms with Crippen molar-refractivity contribution in [2.24, 2.45) is 0 Å². The summed E-state index contributed by atoms with van der Waals surface area (Å²) in [6, 6.07) is 5.55. The zero-order valence-electron chi connectivity index (χ0n) is 12.5. The van der Waals surface area contributed by atoms with Crippen LogP contribution in [0.5, 0.6) is 0 Å². The Kier molecular flexibility index (Phi) is 7.04. The van der Waals surface area contributed by atoms with Gasteiger partial charge in [0.1, 0.15) is 0 Å². The molecule has 0 radical (unpaired) electrons. The van der Waals surface area contributed by atoms with Crippen LogP contribution < -0.4 is 10.6 Å². The van der Waals surface area contributed by atoms with Gasteiger partial charge in [0.2, 0.25) is 0 Å². The van der Waals surface area contributed by atoms with E-state index in [1.165, 1.54) is 6.92 Å². The van der Waals surface area contributed by atoms with E-state index in [2.05, 4.69) is 4.90 Å². The van der Waals surface area contributed by atoms with Crippen LogP contribution in [0.15, 0.2) is 18.2 Å². The number of benzene rings is 1. The van der Waals surface area contributed by atoms with Crippen LogP contribution in [-0.2, 0) is 9.47 Å². The third-order valence-corrected chi connectivity index (χ3v) is 3.12. The first kappa shape index (κ1) is 16.5. The maximum atomic E-state index is 11.4. The lowest BCUT2D eigenvalue weighted by Gasteiger charge is -2.25. The van der Waals surface area contributed by atoms with Crippen molar-refractivity contribution in [3.8, 4) is 0 Å². The minimum Gasteiger partial charge on any atom is -0.398 e. The Bertz CT molecular complexity index is 435. The normalized spacial score (nSPS) is 10.6. The van der Waals surface area contributed by atoms with Gasteiger partial charge in [-0.1, -0.05) is 0 Å². The van der Waals surface area contributed by atoms with Crippen LogP contribution in [0.3, 0.4) is 0 Å². The first-order valence-corrected chi connectivity index (χ1v) is 6.73. The van der Waals surface area contributed by atoms with Crippen LogP contribution in [0, 0.1) is 0 Å². The number of rotatable bonds is 9. The lowest BCUT2D eigenvalue weighted by Crippen LogP contribution is -2.29. The molecule has 0 amide bonds. The number of nitrogen functional groups attached to an aromatic ring is 1. The Hall–Kier alpha value is -1.59. The number of methoxy groups -OCH3 is 2. The summed E-state index contributed by atoms with van der Waals surface area (Å²) in [5.74, 6) is -0.0168. The fraction of sp³-hybridized carbons (Fsp3) is 0.533. The molecule has 0 saturated heterocycles. The minimum atomic E-state index is -0.0168. The number of nitrogens with zero attached hydrogens (tertiary/aromatic N) is 1. The molecular formula is C15H24N2O3. The zero-order valence-corrected chi connectivity index (χ0v) is 12.5. The second kappa shape index (κ2) is 8.55. The van der Waals surface area contributed by atoms with Gasteiger partial charge in [0.15, 0.2) is 5.78 Å². The molecule has 0 atom stereocenters. The van der Waals surface area contributed by atoms with Gasteiger partial charge in [-0.2, -0.15) is 0 Å². The molecule has 0 fully saturated rings. The molecule has 0 bridgehead atoms. The molecule has 0 saturated carbocycles. The van der Waals surface area contributed by atoms with Crippen molar-refractivity contribution in [3.05, 3.63) is 23.8 Å². The third-order valence-electron chi connectivity index (χ3n) is 3.12. The Morgan fingerprint density at radius 1 is 1.20 bits per heavy atom. The standard InChI is InChI=1S/C15H24N2O3/c1-12(18)14-6-5-13(11-15(14)16)17(8-10-20-3)7-4-9-19-2/h5-6,11H,4,7-10,16H2,1-3H3. The highest BCUT2D eigenvalue weighted by atomic mass is 16.5. The number of carbonyl (C=O) groups is 1. The number of ketones is 1. The van der Waals surface area contributed by atoms with Gasteiger partial charge >= 0.3 is 0 Å². The van der Waals surface area contributed by atoms with Gasteiger partial charge in [-0.25, -0.2) is 0 Å². The lowest BCUT2D eigenvalue weighted by molar-refractivity contribution is 0.101. The molecule has 2 N–H and O–H groups in total. The molecule has 20 heavy (non-hydrogen) atoms. The van der Waals surface area contributed by atoms with Crippen LogP contribution in [-0.4, -0.2) is 46.3 Å². The fourth-order valence-corrected chi connectivity index (χ4v) is 2.04. The molecule has 0 unspecified atom stereocenters. The zero-order chi connectivity index (χ0) is 15.0. The van der Waals surface area contributed by atoms with Crippen LogP contribution in [0.4, 0.5) is 11.4 Å². The lowest BCUT2D eigenvalue weighted by atomic mass is 10.1. The summed E-state index contributed by atoms with van der Waals surface area (Å²) in [5, 5.41) is 0. The number of anilines is 2. The largest absolute Gasteiger partial charge is 0.398 e. The SMILES string of the molecule is COCCCN(CCOC)c1ccc(C(C)=O)c(N)c1. The van der Waals surface area contributed by atoms with Crippen molar-refractivity contribution in [1.82, 2.24) is 0 Å². The first-order chi connectivity index (χ1) is 9.60. The predicted molar refractivity (Wildman–Crippen MR) is 81.4 cm³/mol. The molecule has 0 spiro atoms. The van der Waals surface area contributed by atoms with Gasteiger partial charge in [0.05, 0.1) is 6.61 Å². The van der Waals surface area contributed by atoms with E-state index in [0.717, 1.165) is 25.2 Å². The van der Waals surface area contributed by atoms with Crippen molar-refractivity contribution in [2.45, 2.75) is 13.3 Å². The molecular weight excluding hydrogens is 256 g/mol. The van der Waals surface area contributed by atoms with Gasteiger partial charge in [-0.15, -0.1) is 0 Å². The number of hydrogen-bond acceptors (Lipinski definition) is 5. The highest BCUT2D eigenvalue weighted by Crippen LogP contribution is 2.22. The highest BCUT2D eigenvalue weighted by molar-refractivity contribution is 5.99. The molecule has 0 aliphatic rings. The first-order valence-electron chi connectivity index (χ1n) is 6.73. The molecule has 1 aromatic rings. The number of ether oxygens (including phenoxy) is 2. The van der Waals surface area contributed by atoms with E-state index in [-0.39, 0.29) is 5.78 Å². The topological polar surface area (TPSA) is 64.8 Å². The summed E-state index contributed by atoms with van der Waals surface area (Å²) >= 11 is 0. The fourth-order valence-electron chi connectivity index (χ4n) is 2.04. The van der Waals surface area contributed by atoms with Gasteiger partial charge < -0.3 is 20.1 Å². The number of hydrogen-bond donors (Lipinski definition) is 1. The Labute approximate surface area is 120 Å². The van der Waals surface area contributed by atoms with E-state index in [1.807, 2.05) is 12.1 Å². The maximum Gasteiger partial charge on any atom is 0.161 e. The van der Waals surface area contributed by atoms with Crippen molar-refractivity contribution >= 4 is 17.2 Å². The second-order valence-corrected chi connectivity index (χ2v) is 4.65. The monoisotopic (exact) mass is 280 g/mol. The maximum absolute atomic E-state index is 11.4. The summed E-state index contributed by atoms with van der Waals surface area (Å²) in [5.41, 5.74) is 8.03. The number of Topliss-reactive ketones (excluding diaryl/α,β-unsaturated/α-hetero) is 1. The molecule has 5 heteroatoms. The molecule has 5 nitrogen and oxygen atoms in total. The van der Waals surface area contributed by atoms with E-state index >= 15 is 0 Å². The van der Waals surface area contributed by atoms with Gasteiger partial charge in [0, 0.05) is 50.9 Å². The van der Waals surface area contributed by atoms with E-state index < -0.39 is 0 Å². The summed E-state index contributed by atoms with van der Waals surface area (Å²) in [7, 11) is 3.37. The second-order valence-electron chi connectivity index (χ2n) is 4.65. The quantitative estimate of drug-likeness (QED) is 0.425. The molecule has 1 aromatic carbocycles. The number of carbonyl (C=O) groups excluding carboxylic acids is 1. The van der Waals surface area contributed by atoms with E-state index in [0.29, 0.717) is 24.5 Å². The van der Waals surface area contributed by atoms with Gasteiger partial charge in [0.25, 0.3) is 0 Å². The summed E-state index contributed by atoms with van der Waals surface area (Å²) in [4.78, 5) is 13.6. The highest BCUT2D eigenvalue weighted by Gasteiger charge is 2.10. The summed E-state index contributed by atoms with van der Waals surface area (Å²) in [6.07, 6.45) is 0.925.